The maximum atomic E-state index is 2.42. The second kappa shape index (κ2) is 4.63. The molecular formula is C9H19Sn+. The van der Waals surface area contributed by atoms with Crippen LogP contribution in [0.25, 0.3) is 0 Å². The van der Waals surface area contributed by atoms with Crippen molar-refractivity contribution in [3.05, 3.63) is 0 Å². The number of hydrogen-bond acceptors (Lipinski definition) is 0. The molecule has 1 heteroatoms. The third-order valence-corrected chi connectivity index (χ3v) is 4.80. The second-order valence-electron chi connectivity index (χ2n) is 3.28. The van der Waals surface area contributed by atoms with Crippen LogP contribution < -0.4 is 0 Å². The van der Waals surface area contributed by atoms with Crippen LogP contribution in [0.5, 0.6) is 0 Å². The third-order valence-electron chi connectivity index (χ3n) is 2.62. The molecule has 0 bridgehead atoms. The first kappa shape index (κ1) is 10.8. The molecule has 0 N–H and O–H groups in total. The van der Waals surface area contributed by atoms with Gasteiger partial charge in [0.05, 0.1) is 0 Å². The minimum absolute atomic E-state index is 0.649. The summed E-state index contributed by atoms with van der Waals surface area (Å²) in [6.45, 7) is 9.36. The Bertz CT molecular complexity index is 82.7. The predicted octanol–water partition coefficient (Wildman–Crippen LogP) is 3.18. The molecule has 0 saturated heterocycles. The zero-order valence-corrected chi connectivity index (χ0v) is 10.6. The Morgan fingerprint density at radius 1 is 1.20 bits per heavy atom. The van der Waals surface area contributed by atoms with E-state index in [0.29, 0.717) is 3.43 Å². The summed E-state index contributed by atoms with van der Waals surface area (Å²) < 4.78 is 0.649. The zero-order chi connectivity index (χ0) is 8.20. The van der Waals surface area contributed by atoms with Crippen LogP contribution in [0.4, 0.5) is 0 Å². The summed E-state index contributed by atoms with van der Waals surface area (Å²) in [6, 6.07) is 0. The van der Waals surface area contributed by atoms with Crippen molar-refractivity contribution >= 4 is 22.5 Å². The molecule has 0 aliphatic carbocycles. The van der Waals surface area contributed by atoms with Crippen LogP contribution in [0.15, 0.2) is 0 Å². The Hall–Kier alpha value is 0.799. The van der Waals surface area contributed by atoms with Crippen molar-refractivity contribution in [3.63, 3.8) is 0 Å². The molecule has 0 nitrogen and oxygen atoms in total. The normalized spacial score (nSPS) is 17.3. The first-order valence-electron chi connectivity index (χ1n) is 4.33. The van der Waals surface area contributed by atoms with Gasteiger partial charge in [-0.15, -0.1) is 0 Å². The summed E-state index contributed by atoms with van der Waals surface area (Å²) in [5.41, 5.74) is 0. The molecule has 0 rings (SSSR count). The van der Waals surface area contributed by atoms with Crippen LogP contribution in [0.1, 0.15) is 47.0 Å². The quantitative estimate of drug-likeness (QED) is 0.668. The van der Waals surface area contributed by atoms with Gasteiger partial charge in [-0.1, -0.05) is 0 Å². The second-order valence-corrected chi connectivity index (χ2v) is 6.54. The van der Waals surface area contributed by atoms with E-state index in [4.69, 9.17) is 0 Å². The minimum atomic E-state index is 0.649. The van der Waals surface area contributed by atoms with Crippen molar-refractivity contribution in [3.8, 4) is 0 Å². The van der Waals surface area contributed by atoms with E-state index in [0.717, 1.165) is 5.92 Å². The Morgan fingerprint density at radius 2 is 1.60 bits per heavy atom. The topological polar surface area (TPSA) is 0 Å². The molecule has 0 heterocycles. The van der Waals surface area contributed by atoms with Crippen LogP contribution in [-0.4, -0.2) is 22.5 Å². The monoisotopic (exact) mass is 247 g/mol. The van der Waals surface area contributed by atoms with Crippen LogP contribution in [0.3, 0.4) is 0 Å². The Labute approximate surface area is 78.9 Å². The molecule has 1 atom stereocenters. The zero-order valence-electron chi connectivity index (χ0n) is 7.70. The molecule has 1 unspecified atom stereocenters. The molecule has 0 saturated carbocycles. The number of rotatable bonds is 4. The third kappa shape index (κ3) is 2.81. The van der Waals surface area contributed by atoms with Crippen molar-refractivity contribution in [2.45, 2.75) is 50.4 Å². The molecule has 58 valence electrons. The van der Waals surface area contributed by atoms with Crippen molar-refractivity contribution in [2.75, 3.05) is 0 Å². The summed E-state index contributed by atoms with van der Waals surface area (Å²) >= 11 is 1.71. The fraction of sp³-hybridized carbons (Fsp3) is 1.00. The molecule has 0 fully saturated rings. The van der Waals surface area contributed by atoms with Gasteiger partial charge in [-0.3, -0.25) is 0 Å². The van der Waals surface area contributed by atoms with Gasteiger partial charge in [-0.2, -0.15) is 0 Å². The van der Waals surface area contributed by atoms with Gasteiger partial charge < -0.3 is 0 Å². The van der Waals surface area contributed by atoms with E-state index in [1.54, 1.807) is 22.5 Å². The summed E-state index contributed by atoms with van der Waals surface area (Å²) in [4.78, 5) is 0. The van der Waals surface area contributed by atoms with Gasteiger partial charge in [-0.05, 0) is 0 Å². The van der Waals surface area contributed by atoms with E-state index in [1.165, 1.54) is 19.3 Å². The van der Waals surface area contributed by atoms with Crippen molar-refractivity contribution < 1.29 is 0 Å². The van der Waals surface area contributed by atoms with Crippen molar-refractivity contribution in [2.24, 2.45) is 5.92 Å². The predicted molar refractivity (Wildman–Crippen MR) is 48.5 cm³/mol. The molecule has 0 aliphatic heterocycles. The average molecular weight is 246 g/mol. The summed E-state index contributed by atoms with van der Waals surface area (Å²) in [6.07, 6.45) is 4.05. The molecule has 0 aromatic rings. The van der Waals surface area contributed by atoms with E-state index >= 15 is 0 Å². The van der Waals surface area contributed by atoms with Gasteiger partial charge in [0.25, 0.3) is 0 Å². The van der Waals surface area contributed by atoms with Gasteiger partial charge in [0.2, 0.25) is 0 Å². The molecule has 0 aromatic heterocycles. The Kier molecular flexibility index (Phi) is 5.00. The van der Waals surface area contributed by atoms with Gasteiger partial charge in [0.1, 0.15) is 0 Å². The SMILES string of the molecule is CCC(CC)[C](C)([Sn+])CC. The van der Waals surface area contributed by atoms with Gasteiger partial charge in [-0.25, -0.2) is 0 Å². The van der Waals surface area contributed by atoms with Crippen LogP contribution in [0, 0.1) is 5.92 Å². The fourth-order valence-electron chi connectivity index (χ4n) is 1.48. The summed E-state index contributed by atoms with van der Waals surface area (Å²) in [5, 5.41) is 0. The van der Waals surface area contributed by atoms with E-state index in [-0.39, 0.29) is 0 Å². The first-order chi connectivity index (χ1) is 4.58. The van der Waals surface area contributed by atoms with Crippen molar-refractivity contribution in [1.29, 1.82) is 0 Å². The molecule has 2 radical (unpaired) electrons. The van der Waals surface area contributed by atoms with Crippen LogP contribution >= 0.6 is 0 Å². The molecule has 0 aliphatic rings. The van der Waals surface area contributed by atoms with E-state index < -0.39 is 0 Å². The average Bonchev–Trinajstić information content (AvgIpc) is 1.90. The summed E-state index contributed by atoms with van der Waals surface area (Å²) in [5.74, 6) is 0.954. The van der Waals surface area contributed by atoms with Crippen LogP contribution in [0.2, 0.25) is 3.43 Å². The molecule has 0 amide bonds. The maximum absolute atomic E-state index is 2.42. The molecule has 0 spiro atoms. The van der Waals surface area contributed by atoms with Gasteiger partial charge in [0.15, 0.2) is 0 Å². The van der Waals surface area contributed by atoms with E-state index in [9.17, 15) is 0 Å². The van der Waals surface area contributed by atoms with Crippen molar-refractivity contribution in [1.82, 2.24) is 0 Å². The fourth-order valence-corrected chi connectivity index (χ4v) is 2.64. The summed E-state index contributed by atoms with van der Waals surface area (Å²) in [7, 11) is 0. The standard InChI is InChI=1S/C9H19.Sn/c1-5-8(4)9(6-2)7-3;/h9H,5-7H2,1-4H3;/q;+1. The Morgan fingerprint density at radius 3 is 1.70 bits per heavy atom. The van der Waals surface area contributed by atoms with E-state index in [2.05, 4.69) is 27.7 Å². The molecule has 10 heavy (non-hydrogen) atoms. The van der Waals surface area contributed by atoms with Gasteiger partial charge >= 0.3 is 78.8 Å². The number of hydrogen-bond donors (Lipinski definition) is 0. The van der Waals surface area contributed by atoms with E-state index in [1.807, 2.05) is 0 Å². The first-order valence-corrected chi connectivity index (χ1v) is 5.76. The van der Waals surface area contributed by atoms with Crippen LogP contribution in [-0.2, 0) is 0 Å². The molecule has 0 aromatic carbocycles. The Balaban J connectivity index is 3.97. The van der Waals surface area contributed by atoms with Gasteiger partial charge in [0, 0.05) is 0 Å². The molecular weight excluding hydrogens is 227 g/mol.